The minimum Gasteiger partial charge on any atom is -0.365 e. The minimum absolute atomic E-state index is 0.0153. The van der Waals surface area contributed by atoms with Crippen molar-refractivity contribution in [3.05, 3.63) is 52.1 Å². The number of carbonyl (C=O) groups excluding carboxylic acids is 2. The molecular weight excluding hydrogens is 326 g/mol. The lowest BCUT2D eigenvalue weighted by Crippen LogP contribution is -2.37. The molecule has 8 heteroatoms. The lowest BCUT2D eigenvalue weighted by atomic mass is 10.1. The second-order valence-corrected chi connectivity index (χ2v) is 6.37. The summed E-state index contributed by atoms with van der Waals surface area (Å²) in [5, 5.41) is 8.18. The Morgan fingerprint density at radius 3 is 2.88 bits per heavy atom. The predicted octanol–water partition coefficient (Wildman–Crippen LogP) is 1.59. The fraction of sp³-hybridized carbons (Fsp3) is 0.250. The van der Waals surface area contributed by atoms with E-state index in [1.165, 1.54) is 22.5 Å². The summed E-state index contributed by atoms with van der Waals surface area (Å²) >= 11 is 1.64. The first-order valence-electron chi connectivity index (χ1n) is 7.40. The second kappa shape index (κ2) is 6.40. The van der Waals surface area contributed by atoms with Gasteiger partial charge in [0.15, 0.2) is 5.65 Å². The number of rotatable bonds is 5. The number of likely N-dealkylation sites (N-methyl/N-ethyl adjacent to an activating group) is 1. The molecule has 3 rings (SSSR count). The van der Waals surface area contributed by atoms with E-state index < -0.39 is 5.91 Å². The molecule has 0 spiro atoms. The summed E-state index contributed by atoms with van der Waals surface area (Å²) < 4.78 is 1.36. The average Bonchev–Trinajstić information content (AvgIpc) is 3.22. The van der Waals surface area contributed by atoms with E-state index in [0.29, 0.717) is 5.69 Å². The molecule has 0 unspecified atom stereocenters. The van der Waals surface area contributed by atoms with Crippen molar-refractivity contribution in [2.45, 2.75) is 19.4 Å². The van der Waals surface area contributed by atoms with Crippen LogP contribution < -0.4 is 5.73 Å². The van der Waals surface area contributed by atoms with Gasteiger partial charge in [-0.2, -0.15) is 16.4 Å². The quantitative estimate of drug-likeness (QED) is 0.761. The van der Waals surface area contributed by atoms with Gasteiger partial charge in [0, 0.05) is 19.3 Å². The number of thiophene rings is 1. The van der Waals surface area contributed by atoms with E-state index in [4.69, 9.17) is 5.73 Å². The predicted molar refractivity (Wildman–Crippen MR) is 91.1 cm³/mol. The topological polar surface area (TPSA) is 93.6 Å². The van der Waals surface area contributed by atoms with Crippen LogP contribution in [-0.4, -0.2) is 44.4 Å². The highest BCUT2D eigenvalue weighted by molar-refractivity contribution is 7.07. The van der Waals surface area contributed by atoms with Crippen molar-refractivity contribution >= 4 is 28.8 Å². The Morgan fingerprint density at radius 1 is 1.42 bits per heavy atom. The summed E-state index contributed by atoms with van der Waals surface area (Å²) in [4.78, 5) is 30.0. The molecule has 0 saturated carbocycles. The van der Waals surface area contributed by atoms with Gasteiger partial charge >= 0.3 is 0 Å². The molecule has 0 radical (unpaired) electrons. The fourth-order valence-electron chi connectivity index (χ4n) is 2.49. The van der Waals surface area contributed by atoms with Gasteiger partial charge in [0.05, 0.1) is 6.20 Å². The Hall–Kier alpha value is -2.74. The Bertz CT molecular complexity index is 887. The van der Waals surface area contributed by atoms with Gasteiger partial charge in [-0.1, -0.05) is 0 Å². The number of primary amides is 1. The fourth-order valence-corrected chi connectivity index (χ4v) is 3.18. The molecule has 24 heavy (non-hydrogen) atoms. The van der Waals surface area contributed by atoms with Gasteiger partial charge in [-0.05, 0) is 41.8 Å². The highest BCUT2D eigenvalue weighted by Crippen LogP contribution is 2.15. The smallest absolute Gasteiger partial charge is 0.272 e. The maximum atomic E-state index is 12.8. The van der Waals surface area contributed by atoms with E-state index in [1.54, 1.807) is 29.4 Å². The molecule has 0 saturated heterocycles. The second-order valence-electron chi connectivity index (χ2n) is 5.59. The average molecular weight is 343 g/mol. The van der Waals surface area contributed by atoms with E-state index in [2.05, 4.69) is 21.5 Å². The molecule has 1 atom stereocenters. The molecule has 0 aromatic carbocycles. The summed E-state index contributed by atoms with van der Waals surface area (Å²) in [6.07, 6.45) is 3.58. The highest BCUT2D eigenvalue weighted by atomic mass is 32.1. The van der Waals surface area contributed by atoms with Crippen LogP contribution in [0, 0.1) is 0 Å². The number of nitrogens with two attached hydrogens (primary N) is 1. The Morgan fingerprint density at radius 2 is 2.21 bits per heavy atom. The van der Waals surface area contributed by atoms with E-state index in [1.807, 2.05) is 12.3 Å². The van der Waals surface area contributed by atoms with Gasteiger partial charge < -0.3 is 10.6 Å². The first kappa shape index (κ1) is 16.1. The first-order chi connectivity index (χ1) is 11.5. The van der Waals surface area contributed by atoms with Crippen LogP contribution in [0.3, 0.4) is 0 Å². The zero-order valence-corrected chi connectivity index (χ0v) is 14.2. The van der Waals surface area contributed by atoms with Crippen molar-refractivity contribution in [1.29, 1.82) is 0 Å². The summed E-state index contributed by atoms with van der Waals surface area (Å²) in [6.45, 7) is 1.99. The van der Waals surface area contributed by atoms with Crippen LogP contribution in [0.2, 0.25) is 0 Å². The van der Waals surface area contributed by atoms with Gasteiger partial charge in [-0.3, -0.25) is 9.59 Å². The maximum Gasteiger partial charge on any atom is 0.272 e. The van der Waals surface area contributed by atoms with Crippen molar-refractivity contribution in [1.82, 2.24) is 19.5 Å². The molecule has 7 nitrogen and oxygen atoms in total. The van der Waals surface area contributed by atoms with Gasteiger partial charge in [0.25, 0.3) is 11.8 Å². The third-order valence-corrected chi connectivity index (χ3v) is 4.71. The van der Waals surface area contributed by atoms with Gasteiger partial charge in [0.1, 0.15) is 11.3 Å². The molecule has 2 amide bonds. The number of hydrogen-bond acceptors (Lipinski definition) is 5. The monoisotopic (exact) mass is 343 g/mol. The van der Waals surface area contributed by atoms with Crippen LogP contribution in [0.1, 0.15) is 33.3 Å². The largest absolute Gasteiger partial charge is 0.365 e. The number of amides is 2. The van der Waals surface area contributed by atoms with Crippen molar-refractivity contribution in [3.63, 3.8) is 0 Å². The van der Waals surface area contributed by atoms with E-state index >= 15 is 0 Å². The molecule has 124 valence electrons. The standard InChI is InChI=1S/C16H17N5O2S/c1-10(7-11-4-6-24-9-11)20(2)16(23)13-3-5-18-15-12(14(17)22)8-19-21(13)15/h3-6,8-10H,7H2,1-2H3,(H2,17,22)/t10-/m0/s1. The van der Waals surface area contributed by atoms with Crippen LogP contribution in [0.5, 0.6) is 0 Å². The van der Waals surface area contributed by atoms with Crippen LogP contribution >= 0.6 is 11.3 Å². The van der Waals surface area contributed by atoms with Crippen molar-refractivity contribution in [2.75, 3.05) is 7.05 Å². The minimum atomic E-state index is -0.624. The number of aromatic nitrogens is 3. The van der Waals surface area contributed by atoms with Gasteiger partial charge in [0.2, 0.25) is 0 Å². The van der Waals surface area contributed by atoms with Crippen molar-refractivity contribution in [3.8, 4) is 0 Å². The van der Waals surface area contributed by atoms with Gasteiger partial charge in [-0.15, -0.1) is 0 Å². The van der Waals surface area contributed by atoms with E-state index in [0.717, 1.165) is 6.42 Å². The third-order valence-electron chi connectivity index (χ3n) is 3.98. The lowest BCUT2D eigenvalue weighted by molar-refractivity contribution is 0.0734. The van der Waals surface area contributed by atoms with Crippen LogP contribution in [0.25, 0.3) is 5.65 Å². The van der Waals surface area contributed by atoms with E-state index in [9.17, 15) is 9.59 Å². The Labute approximate surface area is 142 Å². The lowest BCUT2D eigenvalue weighted by Gasteiger charge is -2.24. The Kier molecular flexibility index (Phi) is 4.30. The third kappa shape index (κ3) is 2.88. The summed E-state index contributed by atoms with van der Waals surface area (Å²) in [5.41, 5.74) is 7.32. The molecule has 3 aromatic heterocycles. The molecule has 2 N–H and O–H groups in total. The van der Waals surface area contributed by atoms with E-state index in [-0.39, 0.29) is 23.2 Å². The van der Waals surface area contributed by atoms with Crippen molar-refractivity contribution in [2.24, 2.45) is 5.73 Å². The zero-order valence-electron chi connectivity index (χ0n) is 13.3. The van der Waals surface area contributed by atoms with Crippen LogP contribution in [0.4, 0.5) is 0 Å². The number of hydrogen-bond donors (Lipinski definition) is 1. The summed E-state index contributed by atoms with van der Waals surface area (Å²) in [7, 11) is 1.75. The van der Waals surface area contributed by atoms with Crippen molar-refractivity contribution < 1.29 is 9.59 Å². The number of carbonyl (C=O) groups is 2. The van der Waals surface area contributed by atoms with Crippen LogP contribution in [0.15, 0.2) is 35.3 Å². The molecular formula is C16H17N5O2S. The number of fused-ring (bicyclic) bond motifs is 1. The summed E-state index contributed by atoms with van der Waals surface area (Å²) in [6, 6.07) is 3.65. The Balaban J connectivity index is 1.89. The molecule has 3 aromatic rings. The molecule has 0 aliphatic carbocycles. The molecule has 0 fully saturated rings. The molecule has 0 aliphatic heterocycles. The summed E-state index contributed by atoms with van der Waals surface area (Å²) in [5.74, 6) is -0.814. The molecule has 0 aliphatic rings. The zero-order chi connectivity index (χ0) is 17.3. The number of nitrogens with zero attached hydrogens (tertiary/aromatic N) is 4. The molecule has 0 bridgehead atoms. The normalized spacial score (nSPS) is 12.2. The van der Waals surface area contributed by atoms with Gasteiger partial charge in [-0.25, -0.2) is 9.50 Å². The first-order valence-corrected chi connectivity index (χ1v) is 8.34. The maximum absolute atomic E-state index is 12.8. The SMILES string of the molecule is C[C@@H](Cc1ccsc1)N(C)C(=O)c1ccnc2c(C(N)=O)cnn12. The molecule has 3 heterocycles. The van der Waals surface area contributed by atoms with Crippen LogP contribution in [-0.2, 0) is 6.42 Å². The highest BCUT2D eigenvalue weighted by Gasteiger charge is 2.22.